The minimum absolute atomic E-state index is 0.131. The van der Waals surface area contributed by atoms with Gasteiger partial charge in [-0.05, 0) is 12.1 Å². The lowest BCUT2D eigenvalue weighted by Crippen LogP contribution is -1.90. The molecule has 76 valence electrons. The number of pyridine rings is 1. The third-order valence-electron chi connectivity index (χ3n) is 1.99. The number of nitro groups is 1. The second kappa shape index (κ2) is 3.36. The third-order valence-corrected chi connectivity index (χ3v) is 2.29. The molecule has 6 heteroatoms. The molecule has 1 aromatic heterocycles. The Morgan fingerprint density at radius 3 is 2.80 bits per heavy atom. The van der Waals surface area contributed by atoms with Crippen LogP contribution in [0.15, 0.2) is 24.4 Å². The van der Waals surface area contributed by atoms with E-state index in [9.17, 15) is 15.2 Å². The average molecular weight is 225 g/mol. The van der Waals surface area contributed by atoms with E-state index in [1.54, 1.807) is 0 Å². The van der Waals surface area contributed by atoms with Gasteiger partial charge >= 0.3 is 0 Å². The largest absolute Gasteiger partial charge is 0.508 e. The normalized spacial score (nSPS) is 10.5. The zero-order valence-corrected chi connectivity index (χ0v) is 8.10. The van der Waals surface area contributed by atoms with Gasteiger partial charge in [-0.25, -0.2) is 4.98 Å². The van der Waals surface area contributed by atoms with Gasteiger partial charge in [-0.15, -0.1) is 0 Å². The molecular weight excluding hydrogens is 220 g/mol. The molecule has 0 aliphatic carbocycles. The maximum atomic E-state index is 10.7. The number of phenolic OH excluding ortho intramolecular Hbond substituents is 1. The number of hydrogen-bond donors (Lipinski definition) is 1. The molecule has 0 saturated carbocycles. The van der Waals surface area contributed by atoms with Crippen molar-refractivity contribution in [2.24, 2.45) is 0 Å². The highest BCUT2D eigenvalue weighted by Gasteiger charge is 2.15. The number of nitrogens with zero attached hydrogens (tertiary/aromatic N) is 2. The number of rotatable bonds is 1. The summed E-state index contributed by atoms with van der Waals surface area (Å²) in [5, 5.41) is 20.9. The molecule has 1 N–H and O–H groups in total. The Balaban J connectivity index is 2.92. The van der Waals surface area contributed by atoms with Gasteiger partial charge in [0.1, 0.15) is 10.9 Å². The van der Waals surface area contributed by atoms with Crippen LogP contribution in [0.5, 0.6) is 5.75 Å². The lowest BCUT2D eigenvalue weighted by Gasteiger charge is -2.01. The predicted molar refractivity (Wildman–Crippen MR) is 55.1 cm³/mol. The van der Waals surface area contributed by atoms with Crippen LogP contribution in [0.2, 0.25) is 5.15 Å². The molecule has 0 spiro atoms. The Bertz CT molecular complexity index is 556. The predicted octanol–water partition coefficient (Wildman–Crippen LogP) is 2.50. The number of fused-ring (bicyclic) bond motifs is 1. The smallest absolute Gasteiger partial charge is 0.281 e. The van der Waals surface area contributed by atoms with E-state index in [0.29, 0.717) is 10.8 Å². The minimum Gasteiger partial charge on any atom is -0.508 e. The summed E-state index contributed by atoms with van der Waals surface area (Å²) in [4.78, 5) is 13.9. The molecule has 0 amide bonds. The van der Waals surface area contributed by atoms with Crippen molar-refractivity contribution in [2.45, 2.75) is 0 Å². The van der Waals surface area contributed by atoms with E-state index in [2.05, 4.69) is 4.98 Å². The molecule has 0 aliphatic rings. The van der Waals surface area contributed by atoms with Crippen LogP contribution in [0.4, 0.5) is 5.69 Å². The number of halogens is 1. The first kappa shape index (κ1) is 9.67. The van der Waals surface area contributed by atoms with Crippen molar-refractivity contribution in [3.8, 4) is 5.75 Å². The number of aromatic nitrogens is 1. The first-order chi connectivity index (χ1) is 7.09. The molecule has 2 aromatic rings. The highest BCUT2D eigenvalue weighted by atomic mass is 35.5. The molecule has 0 fully saturated rings. The molecule has 0 aliphatic heterocycles. The second-order valence-electron chi connectivity index (χ2n) is 2.92. The van der Waals surface area contributed by atoms with Gasteiger partial charge < -0.3 is 5.11 Å². The van der Waals surface area contributed by atoms with Gasteiger partial charge in [-0.2, -0.15) is 0 Å². The van der Waals surface area contributed by atoms with Gasteiger partial charge in [0.15, 0.2) is 0 Å². The molecule has 2 rings (SSSR count). The number of phenols is 1. The Labute approximate surface area is 89.1 Å². The molecule has 0 atom stereocenters. The first-order valence-corrected chi connectivity index (χ1v) is 4.39. The summed E-state index contributed by atoms with van der Waals surface area (Å²) in [6, 6.07) is 3.91. The Kier molecular flexibility index (Phi) is 2.17. The third kappa shape index (κ3) is 1.57. The van der Waals surface area contributed by atoms with Gasteiger partial charge in [0.2, 0.25) is 0 Å². The van der Waals surface area contributed by atoms with E-state index in [0.717, 1.165) is 6.07 Å². The summed E-state index contributed by atoms with van der Waals surface area (Å²) >= 11 is 5.76. The Morgan fingerprint density at radius 2 is 2.13 bits per heavy atom. The van der Waals surface area contributed by atoms with Crippen LogP contribution in [-0.2, 0) is 0 Å². The van der Waals surface area contributed by atoms with Crippen molar-refractivity contribution in [3.63, 3.8) is 0 Å². The fourth-order valence-electron chi connectivity index (χ4n) is 1.37. The summed E-state index contributed by atoms with van der Waals surface area (Å²) in [6.45, 7) is 0. The quantitative estimate of drug-likeness (QED) is 0.459. The highest BCUT2D eigenvalue weighted by Crippen LogP contribution is 2.32. The highest BCUT2D eigenvalue weighted by molar-refractivity contribution is 6.34. The van der Waals surface area contributed by atoms with Gasteiger partial charge in [0.25, 0.3) is 5.69 Å². The molecule has 1 heterocycles. The van der Waals surface area contributed by atoms with E-state index in [4.69, 9.17) is 11.6 Å². The minimum atomic E-state index is -0.571. The van der Waals surface area contributed by atoms with Gasteiger partial charge in [0, 0.05) is 11.6 Å². The molecule has 0 bridgehead atoms. The Morgan fingerprint density at radius 1 is 1.40 bits per heavy atom. The van der Waals surface area contributed by atoms with Crippen LogP contribution in [0, 0.1) is 10.1 Å². The molecular formula is C9H5ClN2O3. The van der Waals surface area contributed by atoms with E-state index >= 15 is 0 Å². The average Bonchev–Trinajstić information content (AvgIpc) is 2.18. The standard InChI is InChI=1S/C9H5ClN2O3/c10-9-7-3-5(13)4-8(12(14)15)6(7)1-2-11-9/h1-4,13H. The van der Waals surface area contributed by atoms with Crippen molar-refractivity contribution >= 4 is 28.1 Å². The lowest BCUT2D eigenvalue weighted by atomic mass is 10.1. The van der Waals surface area contributed by atoms with E-state index in [1.165, 1.54) is 18.3 Å². The van der Waals surface area contributed by atoms with Gasteiger partial charge in [0.05, 0.1) is 16.4 Å². The molecule has 0 radical (unpaired) electrons. The zero-order valence-electron chi connectivity index (χ0n) is 7.35. The van der Waals surface area contributed by atoms with Crippen LogP contribution in [0.1, 0.15) is 0 Å². The van der Waals surface area contributed by atoms with Crippen LogP contribution < -0.4 is 0 Å². The summed E-state index contributed by atoms with van der Waals surface area (Å²) in [5.74, 6) is -0.205. The van der Waals surface area contributed by atoms with Gasteiger partial charge in [-0.1, -0.05) is 11.6 Å². The number of nitro benzene ring substituents is 1. The van der Waals surface area contributed by atoms with Crippen molar-refractivity contribution < 1.29 is 10.0 Å². The molecule has 15 heavy (non-hydrogen) atoms. The van der Waals surface area contributed by atoms with Crippen molar-refractivity contribution in [1.29, 1.82) is 0 Å². The summed E-state index contributed by atoms with van der Waals surface area (Å²) < 4.78 is 0. The Hall–Kier alpha value is -1.88. The summed E-state index contributed by atoms with van der Waals surface area (Å²) in [7, 11) is 0. The number of non-ortho nitro benzene ring substituents is 1. The van der Waals surface area contributed by atoms with Crippen LogP contribution in [0.3, 0.4) is 0 Å². The van der Waals surface area contributed by atoms with Crippen molar-refractivity contribution in [2.75, 3.05) is 0 Å². The first-order valence-electron chi connectivity index (χ1n) is 4.01. The molecule has 5 nitrogen and oxygen atoms in total. The second-order valence-corrected chi connectivity index (χ2v) is 3.28. The van der Waals surface area contributed by atoms with Crippen LogP contribution >= 0.6 is 11.6 Å². The lowest BCUT2D eigenvalue weighted by molar-refractivity contribution is -0.383. The zero-order chi connectivity index (χ0) is 11.0. The maximum Gasteiger partial charge on any atom is 0.281 e. The molecule has 0 saturated heterocycles. The fraction of sp³-hybridized carbons (Fsp3) is 0. The summed E-state index contributed by atoms with van der Waals surface area (Å²) in [6.07, 6.45) is 1.38. The van der Waals surface area contributed by atoms with Crippen molar-refractivity contribution in [3.05, 3.63) is 39.7 Å². The van der Waals surface area contributed by atoms with Crippen LogP contribution in [-0.4, -0.2) is 15.0 Å². The number of benzene rings is 1. The topological polar surface area (TPSA) is 76.3 Å². The van der Waals surface area contributed by atoms with Gasteiger partial charge in [-0.3, -0.25) is 10.1 Å². The fourth-order valence-corrected chi connectivity index (χ4v) is 1.58. The van der Waals surface area contributed by atoms with Crippen LogP contribution in [0.25, 0.3) is 10.8 Å². The van der Waals surface area contributed by atoms with E-state index in [-0.39, 0.29) is 16.6 Å². The van der Waals surface area contributed by atoms with E-state index in [1.807, 2.05) is 0 Å². The molecule has 1 aromatic carbocycles. The molecule has 0 unspecified atom stereocenters. The maximum absolute atomic E-state index is 10.7. The number of hydrogen-bond acceptors (Lipinski definition) is 4. The monoisotopic (exact) mass is 224 g/mol. The number of aromatic hydroxyl groups is 1. The van der Waals surface area contributed by atoms with Crippen molar-refractivity contribution in [1.82, 2.24) is 4.98 Å². The van der Waals surface area contributed by atoms with E-state index < -0.39 is 4.92 Å². The summed E-state index contributed by atoms with van der Waals surface area (Å²) in [5.41, 5.74) is -0.186. The SMILES string of the molecule is O=[N+]([O-])c1cc(O)cc2c(Cl)nccc12.